The maximum atomic E-state index is 13.5. The standard InChI is InChI=1S/C34H48N2O6/c1-6-10-12-23-42-28-19-16-26(24-29(28)40-5)31-30(32(37)25-14-17-27(18-15-25)41-22-11-7-2)33(38)34(39)36(31)21-13-20-35(8-3)9-4/h14-19,24,31,37H,6-13,20-23H2,1-5H3/t31-/m1/s1. The number of aliphatic hydroxyl groups excluding tert-OH is 1. The zero-order valence-corrected chi connectivity index (χ0v) is 26.0. The van der Waals surface area contributed by atoms with Crippen molar-refractivity contribution in [3.05, 3.63) is 59.2 Å². The van der Waals surface area contributed by atoms with Crippen molar-refractivity contribution in [1.29, 1.82) is 0 Å². The maximum Gasteiger partial charge on any atom is 0.295 e. The van der Waals surface area contributed by atoms with Gasteiger partial charge in [-0.1, -0.05) is 53.0 Å². The number of Topliss-reactive ketones (excluding diaryl/α,β-unsaturated/α-hetero) is 1. The molecule has 0 spiro atoms. The molecule has 2 aromatic carbocycles. The van der Waals surface area contributed by atoms with Crippen molar-refractivity contribution in [2.24, 2.45) is 0 Å². The van der Waals surface area contributed by atoms with Crippen molar-refractivity contribution in [3.8, 4) is 17.2 Å². The molecule has 3 rings (SSSR count). The van der Waals surface area contributed by atoms with Crippen LogP contribution < -0.4 is 14.2 Å². The van der Waals surface area contributed by atoms with Gasteiger partial charge in [-0.3, -0.25) is 9.59 Å². The minimum Gasteiger partial charge on any atom is -0.507 e. The van der Waals surface area contributed by atoms with E-state index in [0.717, 1.165) is 51.7 Å². The highest BCUT2D eigenvalue weighted by atomic mass is 16.5. The average molecular weight is 581 g/mol. The Morgan fingerprint density at radius 3 is 2.19 bits per heavy atom. The van der Waals surface area contributed by atoms with Gasteiger partial charge in [-0.05, 0) is 80.9 Å². The van der Waals surface area contributed by atoms with Crippen LogP contribution in [0.1, 0.15) is 83.4 Å². The van der Waals surface area contributed by atoms with Crippen LogP contribution in [0, 0.1) is 0 Å². The second-order valence-electron chi connectivity index (χ2n) is 10.6. The highest BCUT2D eigenvalue weighted by Crippen LogP contribution is 2.42. The topological polar surface area (TPSA) is 88.5 Å². The lowest BCUT2D eigenvalue weighted by atomic mass is 9.95. The van der Waals surface area contributed by atoms with Gasteiger partial charge >= 0.3 is 0 Å². The number of benzene rings is 2. The van der Waals surface area contributed by atoms with Crippen molar-refractivity contribution < 1.29 is 28.9 Å². The third kappa shape index (κ3) is 8.28. The molecule has 2 aromatic rings. The summed E-state index contributed by atoms with van der Waals surface area (Å²) in [5, 5.41) is 11.5. The molecule has 1 aliphatic rings. The Bertz CT molecular complexity index is 1190. The van der Waals surface area contributed by atoms with Gasteiger partial charge in [-0.15, -0.1) is 0 Å². The quantitative estimate of drug-likeness (QED) is 0.0920. The molecule has 1 saturated heterocycles. The predicted octanol–water partition coefficient (Wildman–Crippen LogP) is 6.60. The Morgan fingerprint density at radius 1 is 0.857 bits per heavy atom. The van der Waals surface area contributed by atoms with Gasteiger partial charge in [-0.25, -0.2) is 0 Å². The molecule has 1 heterocycles. The number of hydrogen-bond acceptors (Lipinski definition) is 7. The number of hydrogen-bond donors (Lipinski definition) is 1. The van der Waals surface area contributed by atoms with E-state index in [1.165, 1.54) is 0 Å². The highest BCUT2D eigenvalue weighted by molar-refractivity contribution is 6.46. The predicted molar refractivity (Wildman–Crippen MR) is 166 cm³/mol. The fraction of sp³-hybridized carbons (Fsp3) is 0.529. The van der Waals surface area contributed by atoms with Crippen molar-refractivity contribution in [3.63, 3.8) is 0 Å². The number of aliphatic hydroxyl groups is 1. The third-order valence-corrected chi connectivity index (χ3v) is 7.71. The van der Waals surface area contributed by atoms with Crippen molar-refractivity contribution in [1.82, 2.24) is 9.80 Å². The van der Waals surface area contributed by atoms with E-state index in [-0.39, 0.29) is 11.3 Å². The van der Waals surface area contributed by atoms with Gasteiger partial charge in [0.05, 0.1) is 31.9 Å². The number of ether oxygens (including phenoxy) is 3. The van der Waals surface area contributed by atoms with Crippen LogP contribution in [-0.4, -0.2) is 73.1 Å². The lowest BCUT2D eigenvalue weighted by molar-refractivity contribution is -0.140. The Labute approximate surface area is 251 Å². The molecule has 1 aliphatic heterocycles. The van der Waals surface area contributed by atoms with Gasteiger partial charge < -0.3 is 29.1 Å². The Kier molecular flexibility index (Phi) is 13.2. The molecule has 230 valence electrons. The van der Waals surface area contributed by atoms with Gasteiger partial charge in [0.2, 0.25) is 0 Å². The van der Waals surface area contributed by atoms with Crippen molar-refractivity contribution >= 4 is 17.4 Å². The Morgan fingerprint density at radius 2 is 1.55 bits per heavy atom. The lowest BCUT2D eigenvalue weighted by Gasteiger charge is -2.27. The SMILES string of the molecule is CCCCCOc1ccc([C@@H]2C(=C(O)c3ccc(OCCCC)cc3)C(=O)C(=O)N2CCCN(CC)CC)cc1OC. The molecule has 0 radical (unpaired) electrons. The summed E-state index contributed by atoms with van der Waals surface area (Å²) in [4.78, 5) is 30.8. The monoisotopic (exact) mass is 580 g/mol. The fourth-order valence-electron chi connectivity index (χ4n) is 5.17. The summed E-state index contributed by atoms with van der Waals surface area (Å²) < 4.78 is 17.4. The maximum absolute atomic E-state index is 13.5. The van der Waals surface area contributed by atoms with Gasteiger partial charge in [0, 0.05) is 12.1 Å². The number of carbonyl (C=O) groups is 2. The molecule has 1 amide bonds. The van der Waals surface area contributed by atoms with E-state index in [1.54, 1.807) is 42.3 Å². The summed E-state index contributed by atoms with van der Waals surface area (Å²) in [5.41, 5.74) is 1.20. The molecule has 8 nitrogen and oxygen atoms in total. The third-order valence-electron chi connectivity index (χ3n) is 7.71. The minimum absolute atomic E-state index is 0.0705. The molecule has 8 heteroatoms. The average Bonchev–Trinajstić information content (AvgIpc) is 3.26. The number of nitrogens with zero attached hydrogens (tertiary/aromatic N) is 2. The molecule has 0 aliphatic carbocycles. The van der Waals surface area contributed by atoms with E-state index in [1.807, 2.05) is 12.1 Å². The first-order valence-corrected chi connectivity index (χ1v) is 15.4. The lowest BCUT2D eigenvalue weighted by Crippen LogP contribution is -2.33. The van der Waals surface area contributed by atoms with Crippen molar-refractivity contribution in [2.45, 2.75) is 72.3 Å². The van der Waals surface area contributed by atoms with Gasteiger partial charge in [0.15, 0.2) is 11.5 Å². The zero-order valence-electron chi connectivity index (χ0n) is 26.0. The van der Waals surface area contributed by atoms with Crippen LogP contribution in [0.3, 0.4) is 0 Å². The minimum atomic E-state index is -0.759. The van der Waals surface area contributed by atoms with E-state index in [9.17, 15) is 14.7 Å². The number of rotatable bonds is 18. The summed E-state index contributed by atoms with van der Waals surface area (Å²) in [7, 11) is 1.57. The number of methoxy groups -OCH3 is 1. The molecular formula is C34H48N2O6. The number of ketones is 1. The fourth-order valence-corrected chi connectivity index (χ4v) is 5.17. The molecule has 0 unspecified atom stereocenters. The molecule has 0 bridgehead atoms. The smallest absolute Gasteiger partial charge is 0.295 e. The summed E-state index contributed by atoms with van der Waals surface area (Å²) in [6.07, 6.45) is 5.80. The van der Waals surface area contributed by atoms with Crippen LogP contribution in [0.25, 0.3) is 5.76 Å². The first-order valence-electron chi connectivity index (χ1n) is 15.4. The normalized spacial score (nSPS) is 16.3. The molecule has 42 heavy (non-hydrogen) atoms. The summed E-state index contributed by atoms with van der Waals surface area (Å²) in [6, 6.07) is 11.7. The van der Waals surface area contributed by atoms with Crippen LogP contribution in [0.5, 0.6) is 17.2 Å². The van der Waals surface area contributed by atoms with E-state index < -0.39 is 17.7 Å². The van der Waals surface area contributed by atoms with E-state index in [0.29, 0.717) is 54.6 Å². The van der Waals surface area contributed by atoms with Gasteiger partial charge in [0.1, 0.15) is 11.5 Å². The van der Waals surface area contributed by atoms with Gasteiger partial charge in [0.25, 0.3) is 11.7 Å². The Hall–Kier alpha value is -3.52. The van der Waals surface area contributed by atoms with E-state index in [4.69, 9.17) is 14.2 Å². The first-order chi connectivity index (χ1) is 20.4. The number of carbonyl (C=O) groups excluding carboxylic acids is 2. The van der Waals surface area contributed by atoms with Crippen molar-refractivity contribution in [2.75, 3.05) is 46.5 Å². The summed E-state index contributed by atoms with van der Waals surface area (Å²) >= 11 is 0. The molecule has 1 atom stereocenters. The first kappa shape index (κ1) is 33.0. The largest absolute Gasteiger partial charge is 0.507 e. The molecular weight excluding hydrogens is 532 g/mol. The molecule has 0 aromatic heterocycles. The van der Waals surface area contributed by atoms with Crippen LogP contribution in [0.2, 0.25) is 0 Å². The van der Waals surface area contributed by atoms with E-state index in [2.05, 4.69) is 32.6 Å². The Balaban J connectivity index is 1.99. The highest BCUT2D eigenvalue weighted by Gasteiger charge is 2.46. The van der Waals surface area contributed by atoms with Crippen LogP contribution in [0.4, 0.5) is 0 Å². The van der Waals surface area contributed by atoms with Crippen LogP contribution in [0.15, 0.2) is 48.0 Å². The molecule has 1 fully saturated rings. The molecule has 0 saturated carbocycles. The summed E-state index contributed by atoms with van der Waals surface area (Å²) in [5.74, 6) is 0.305. The van der Waals surface area contributed by atoms with Crippen LogP contribution in [-0.2, 0) is 9.59 Å². The number of unbranched alkanes of at least 4 members (excludes halogenated alkanes) is 3. The zero-order chi connectivity index (χ0) is 30.5. The second-order valence-corrected chi connectivity index (χ2v) is 10.6. The molecule has 1 N–H and O–H groups in total. The summed E-state index contributed by atoms with van der Waals surface area (Å²) in [6.45, 7) is 12.6. The van der Waals surface area contributed by atoms with Crippen LogP contribution >= 0.6 is 0 Å². The second kappa shape index (κ2) is 16.8. The number of likely N-dealkylation sites (tertiary alicyclic amines) is 1. The number of amides is 1. The van der Waals surface area contributed by atoms with Gasteiger partial charge in [-0.2, -0.15) is 0 Å². The van der Waals surface area contributed by atoms with E-state index >= 15 is 0 Å².